The highest BCUT2D eigenvalue weighted by Crippen LogP contribution is 2.43. The average molecular weight is 498 g/mol. The van der Waals surface area contributed by atoms with Crippen LogP contribution in [0.2, 0.25) is 0 Å². The van der Waals surface area contributed by atoms with Gasteiger partial charge < -0.3 is 19.6 Å². The number of fused-ring (bicyclic) bond motifs is 1. The van der Waals surface area contributed by atoms with Crippen molar-refractivity contribution in [3.8, 4) is 11.5 Å². The molecule has 2 heterocycles. The molecule has 1 saturated heterocycles. The van der Waals surface area contributed by atoms with Crippen molar-refractivity contribution in [3.63, 3.8) is 0 Å². The minimum atomic E-state index is -0.955. The van der Waals surface area contributed by atoms with Crippen molar-refractivity contribution in [2.75, 3.05) is 19.1 Å². The lowest BCUT2D eigenvalue weighted by Crippen LogP contribution is -2.30. The van der Waals surface area contributed by atoms with E-state index in [1.807, 2.05) is 39.0 Å². The number of hydrogen-bond acceptors (Lipinski definition) is 6. The van der Waals surface area contributed by atoms with E-state index in [1.54, 1.807) is 36.4 Å². The number of rotatable bonds is 5. The maximum atomic E-state index is 13.5. The number of carbonyl (C=O) groups is 2. The molecule has 37 heavy (non-hydrogen) atoms. The van der Waals surface area contributed by atoms with Gasteiger partial charge in [0.2, 0.25) is 5.95 Å². The SMILES string of the molecule is COc1cccc(C2/C(=C(\O)c3cc(C)ccc3OC)C(=O)C(=O)N2c2nc3cc(C)c(C)cc3[nH]2)c1. The summed E-state index contributed by atoms with van der Waals surface area (Å²) in [7, 11) is 3.02. The van der Waals surface area contributed by atoms with Crippen molar-refractivity contribution in [3.05, 3.63) is 88.0 Å². The van der Waals surface area contributed by atoms with E-state index >= 15 is 0 Å². The minimum absolute atomic E-state index is 0.0602. The fraction of sp³-hybridized carbons (Fsp3) is 0.207. The van der Waals surface area contributed by atoms with Crippen LogP contribution in [0.3, 0.4) is 0 Å². The number of ketones is 1. The van der Waals surface area contributed by atoms with E-state index in [1.165, 1.54) is 19.1 Å². The van der Waals surface area contributed by atoms with Gasteiger partial charge >= 0.3 is 5.91 Å². The molecule has 8 nitrogen and oxygen atoms in total. The monoisotopic (exact) mass is 497 g/mol. The molecule has 0 aliphatic carbocycles. The summed E-state index contributed by atoms with van der Waals surface area (Å²) < 4.78 is 10.9. The van der Waals surface area contributed by atoms with Crippen LogP contribution in [0.25, 0.3) is 16.8 Å². The first-order valence-corrected chi connectivity index (χ1v) is 11.8. The second kappa shape index (κ2) is 9.13. The number of anilines is 1. The zero-order chi connectivity index (χ0) is 26.4. The van der Waals surface area contributed by atoms with Crippen molar-refractivity contribution < 1.29 is 24.2 Å². The van der Waals surface area contributed by atoms with Gasteiger partial charge in [-0.15, -0.1) is 0 Å². The normalized spacial score (nSPS) is 17.0. The van der Waals surface area contributed by atoms with Crippen LogP contribution < -0.4 is 14.4 Å². The van der Waals surface area contributed by atoms with Crippen molar-refractivity contribution in [2.24, 2.45) is 0 Å². The highest BCUT2D eigenvalue weighted by molar-refractivity contribution is 6.51. The number of hydrogen-bond donors (Lipinski definition) is 2. The number of aromatic amines is 1. The van der Waals surface area contributed by atoms with E-state index in [-0.39, 0.29) is 17.3 Å². The average Bonchev–Trinajstić information content (AvgIpc) is 3.41. The van der Waals surface area contributed by atoms with E-state index in [2.05, 4.69) is 9.97 Å². The number of ether oxygens (including phenoxy) is 2. The molecule has 1 atom stereocenters. The van der Waals surface area contributed by atoms with Crippen molar-refractivity contribution in [1.82, 2.24) is 9.97 Å². The van der Waals surface area contributed by atoms with Gasteiger partial charge in [-0.1, -0.05) is 23.8 Å². The van der Waals surface area contributed by atoms with Crippen LogP contribution in [0.1, 0.15) is 33.9 Å². The number of nitrogens with zero attached hydrogens (tertiary/aromatic N) is 2. The molecule has 3 aromatic carbocycles. The predicted octanol–water partition coefficient (Wildman–Crippen LogP) is 5.13. The smallest absolute Gasteiger partial charge is 0.302 e. The molecule has 0 bridgehead atoms. The quantitative estimate of drug-likeness (QED) is 0.225. The third-order valence-electron chi connectivity index (χ3n) is 6.78. The molecule has 1 aliphatic heterocycles. The Morgan fingerprint density at radius 3 is 2.46 bits per heavy atom. The summed E-state index contributed by atoms with van der Waals surface area (Å²) in [5.41, 5.74) is 5.25. The minimum Gasteiger partial charge on any atom is -0.507 e. The molecule has 8 heteroatoms. The van der Waals surface area contributed by atoms with Crippen molar-refractivity contribution in [1.29, 1.82) is 0 Å². The van der Waals surface area contributed by atoms with Crippen LogP contribution in [0.15, 0.2) is 60.2 Å². The number of aromatic nitrogens is 2. The first-order chi connectivity index (χ1) is 17.7. The van der Waals surface area contributed by atoms with Gasteiger partial charge in [-0.3, -0.25) is 14.5 Å². The molecule has 1 unspecified atom stereocenters. The van der Waals surface area contributed by atoms with E-state index in [9.17, 15) is 14.7 Å². The number of Topliss-reactive ketones (excluding diaryl/α,β-unsaturated/α-hetero) is 1. The highest BCUT2D eigenvalue weighted by atomic mass is 16.5. The van der Waals surface area contributed by atoms with Gasteiger partial charge in [0.05, 0.1) is 42.4 Å². The van der Waals surface area contributed by atoms with Gasteiger partial charge in [0.15, 0.2) is 0 Å². The summed E-state index contributed by atoms with van der Waals surface area (Å²) >= 11 is 0. The van der Waals surface area contributed by atoms with Crippen LogP contribution in [0.4, 0.5) is 5.95 Å². The fourth-order valence-corrected chi connectivity index (χ4v) is 4.70. The predicted molar refractivity (Wildman–Crippen MR) is 141 cm³/mol. The Kier molecular flexibility index (Phi) is 5.95. The molecule has 5 rings (SSSR count). The summed E-state index contributed by atoms with van der Waals surface area (Å²) in [6, 6.07) is 15.3. The summed E-state index contributed by atoms with van der Waals surface area (Å²) in [5.74, 6) is -0.794. The first kappa shape index (κ1) is 24.1. The van der Waals surface area contributed by atoms with Gasteiger partial charge in [0, 0.05) is 0 Å². The molecule has 1 aliphatic rings. The van der Waals surface area contributed by atoms with Gasteiger partial charge in [0.25, 0.3) is 5.78 Å². The fourth-order valence-electron chi connectivity index (χ4n) is 4.70. The Hall–Kier alpha value is -4.59. The Morgan fingerprint density at radius 2 is 1.73 bits per heavy atom. The van der Waals surface area contributed by atoms with Gasteiger partial charge in [0.1, 0.15) is 17.3 Å². The third kappa shape index (κ3) is 4.00. The molecule has 188 valence electrons. The van der Waals surface area contributed by atoms with E-state index in [0.29, 0.717) is 28.1 Å². The number of nitrogens with one attached hydrogen (secondary N) is 1. The summed E-state index contributed by atoms with van der Waals surface area (Å²) in [6.45, 7) is 5.85. The Morgan fingerprint density at radius 1 is 0.973 bits per heavy atom. The number of benzene rings is 3. The Labute approximate surface area is 214 Å². The van der Waals surface area contributed by atoms with E-state index in [4.69, 9.17) is 9.47 Å². The molecule has 1 amide bonds. The van der Waals surface area contributed by atoms with Crippen molar-refractivity contribution in [2.45, 2.75) is 26.8 Å². The van der Waals surface area contributed by atoms with Crippen LogP contribution in [-0.4, -0.2) is 41.0 Å². The van der Waals surface area contributed by atoms with E-state index in [0.717, 1.165) is 22.2 Å². The maximum absolute atomic E-state index is 13.5. The number of aliphatic hydroxyl groups excluding tert-OH is 1. The zero-order valence-corrected chi connectivity index (χ0v) is 21.2. The molecule has 4 aromatic rings. The summed E-state index contributed by atoms with van der Waals surface area (Å²) in [5, 5.41) is 11.5. The third-order valence-corrected chi connectivity index (χ3v) is 6.78. The Bertz CT molecular complexity index is 1560. The van der Waals surface area contributed by atoms with Crippen molar-refractivity contribution >= 4 is 34.4 Å². The largest absolute Gasteiger partial charge is 0.507 e. The molecule has 2 N–H and O–H groups in total. The van der Waals surface area contributed by atoms with Gasteiger partial charge in [-0.05, 0) is 73.9 Å². The van der Waals surface area contributed by atoms with Crippen LogP contribution in [-0.2, 0) is 9.59 Å². The molecule has 0 spiro atoms. The standard InChI is InChI=1S/C29H27N3O5/c1-15-9-10-23(37-5)20(11-15)26(33)24-25(18-7-6-8-19(14-18)36-4)32(28(35)27(24)34)29-30-21-12-16(2)17(3)13-22(21)31-29/h6-14,25,33H,1-5H3,(H,30,31)/b26-24+. The van der Waals surface area contributed by atoms with Crippen LogP contribution in [0.5, 0.6) is 11.5 Å². The lowest BCUT2D eigenvalue weighted by Gasteiger charge is -2.23. The van der Waals surface area contributed by atoms with Gasteiger partial charge in [-0.2, -0.15) is 0 Å². The first-order valence-electron chi connectivity index (χ1n) is 11.8. The lowest BCUT2D eigenvalue weighted by atomic mass is 9.94. The number of H-pyrrole nitrogens is 1. The maximum Gasteiger partial charge on any atom is 0.302 e. The van der Waals surface area contributed by atoms with Gasteiger partial charge in [-0.25, -0.2) is 4.98 Å². The van der Waals surface area contributed by atoms with Crippen LogP contribution in [0, 0.1) is 20.8 Å². The number of imidazole rings is 1. The second-order valence-electron chi connectivity index (χ2n) is 9.16. The second-order valence-corrected chi connectivity index (χ2v) is 9.16. The van der Waals surface area contributed by atoms with E-state index < -0.39 is 17.7 Å². The molecule has 1 fully saturated rings. The topological polar surface area (TPSA) is 105 Å². The molecular formula is C29H27N3O5. The number of aliphatic hydroxyl groups is 1. The van der Waals surface area contributed by atoms with Crippen LogP contribution >= 0.6 is 0 Å². The zero-order valence-electron chi connectivity index (χ0n) is 21.2. The molecule has 1 aromatic heterocycles. The molecule has 0 radical (unpaired) electrons. The number of carbonyl (C=O) groups excluding carboxylic acids is 2. The number of amides is 1. The Balaban J connectivity index is 1.77. The number of methoxy groups -OCH3 is 2. The molecular weight excluding hydrogens is 470 g/mol. The lowest BCUT2D eigenvalue weighted by molar-refractivity contribution is -0.132. The molecule has 0 saturated carbocycles. The highest BCUT2D eigenvalue weighted by Gasteiger charge is 2.48. The summed E-state index contributed by atoms with van der Waals surface area (Å²) in [4.78, 5) is 36.2. The number of aryl methyl sites for hydroxylation is 3. The summed E-state index contributed by atoms with van der Waals surface area (Å²) in [6.07, 6.45) is 0.